The summed E-state index contributed by atoms with van der Waals surface area (Å²) in [5.41, 5.74) is 0. The lowest BCUT2D eigenvalue weighted by molar-refractivity contribution is 0.194. The second-order valence-corrected chi connectivity index (χ2v) is 6.92. The maximum atomic E-state index is 3.58. The summed E-state index contributed by atoms with van der Waals surface area (Å²) >= 11 is 2.06. The Bertz CT molecular complexity index is 224. The van der Waals surface area contributed by atoms with Crippen LogP contribution in [0, 0.1) is 11.8 Å². The van der Waals surface area contributed by atoms with Gasteiger partial charge >= 0.3 is 0 Å². The third-order valence-corrected chi connectivity index (χ3v) is 5.37. The summed E-state index contributed by atoms with van der Waals surface area (Å²) in [5, 5.41) is 4.41. The first-order valence-corrected chi connectivity index (χ1v) is 8.13. The third-order valence-electron chi connectivity index (χ3n) is 4.28. The van der Waals surface area contributed by atoms with Gasteiger partial charge in [0.05, 0.1) is 0 Å². The number of nitrogens with one attached hydrogen (secondary N) is 1. The molecule has 16 heavy (non-hydrogen) atoms. The van der Waals surface area contributed by atoms with E-state index in [1.54, 1.807) is 0 Å². The molecule has 3 rings (SSSR count). The maximum Gasteiger partial charge on any atom is 0.0351 e. The SMILES string of the molecule is CSC1CNCC1N(CC1CC1)CC1CC1. The molecule has 3 fully saturated rings. The van der Waals surface area contributed by atoms with E-state index in [9.17, 15) is 0 Å². The summed E-state index contributed by atoms with van der Waals surface area (Å²) in [5.74, 6) is 2.09. The monoisotopic (exact) mass is 240 g/mol. The van der Waals surface area contributed by atoms with Crippen molar-refractivity contribution in [3.05, 3.63) is 0 Å². The van der Waals surface area contributed by atoms with Gasteiger partial charge in [-0.15, -0.1) is 0 Å². The number of hydrogen-bond acceptors (Lipinski definition) is 3. The Morgan fingerprint density at radius 1 is 1.06 bits per heavy atom. The first kappa shape index (κ1) is 11.4. The van der Waals surface area contributed by atoms with E-state index < -0.39 is 0 Å². The minimum atomic E-state index is 0.816. The van der Waals surface area contributed by atoms with Crippen molar-refractivity contribution in [1.82, 2.24) is 10.2 Å². The molecule has 1 N–H and O–H groups in total. The van der Waals surface area contributed by atoms with E-state index in [0.717, 1.165) is 23.1 Å². The predicted molar refractivity (Wildman–Crippen MR) is 71.0 cm³/mol. The average molecular weight is 240 g/mol. The minimum Gasteiger partial charge on any atom is -0.314 e. The van der Waals surface area contributed by atoms with Crippen LogP contribution in [0.25, 0.3) is 0 Å². The van der Waals surface area contributed by atoms with Crippen molar-refractivity contribution in [1.29, 1.82) is 0 Å². The van der Waals surface area contributed by atoms with Crippen molar-refractivity contribution in [2.24, 2.45) is 11.8 Å². The van der Waals surface area contributed by atoms with Crippen LogP contribution in [0.5, 0.6) is 0 Å². The second kappa shape index (κ2) is 4.87. The summed E-state index contributed by atoms with van der Waals surface area (Å²) < 4.78 is 0. The number of nitrogens with zero attached hydrogens (tertiary/aromatic N) is 1. The first-order valence-electron chi connectivity index (χ1n) is 6.84. The molecule has 2 nitrogen and oxygen atoms in total. The predicted octanol–water partition coefficient (Wildman–Crippen LogP) is 1.81. The van der Waals surface area contributed by atoms with Crippen LogP contribution in [0.4, 0.5) is 0 Å². The second-order valence-electron chi connectivity index (χ2n) is 5.84. The molecule has 1 saturated heterocycles. The average Bonchev–Trinajstić information content (AvgIpc) is 3.20. The fraction of sp³-hybridized carbons (Fsp3) is 1.00. The molecule has 2 unspecified atom stereocenters. The molecule has 92 valence electrons. The normalized spacial score (nSPS) is 34.9. The van der Waals surface area contributed by atoms with Crippen LogP contribution >= 0.6 is 11.8 Å². The van der Waals surface area contributed by atoms with Gasteiger partial charge in [-0.2, -0.15) is 11.8 Å². The van der Waals surface area contributed by atoms with Crippen LogP contribution in [-0.2, 0) is 0 Å². The van der Waals surface area contributed by atoms with Gasteiger partial charge in [0, 0.05) is 37.5 Å². The van der Waals surface area contributed by atoms with Crippen molar-refractivity contribution in [2.75, 3.05) is 32.4 Å². The molecule has 2 saturated carbocycles. The van der Waals surface area contributed by atoms with Gasteiger partial charge in [0.2, 0.25) is 0 Å². The quantitative estimate of drug-likeness (QED) is 0.762. The summed E-state index contributed by atoms with van der Waals surface area (Å²) in [7, 11) is 0. The molecule has 0 bridgehead atoms. The lowest BCUT2D eigenvalue weighted by Crippen LogP contribution is -2.44. The van der Waals surface area contributed by atoms with E-state index in [-0.39, 0.29) is 0 Å². The Labute approximate surface area is 104 Å². The Kier molecular flexibility index (Phi) is 3.46. The van der Waals surface area contributed by atoms with Crippen molar-refractivity contribution < 1.29 is 0 Å². The Morgan fingerprint density at radius 3 is 2.19 bits per heavy atom. The van der Waals surface area contributed by atoms with Gasteiger partial charge in [0.1, 0.15) is 0 Å². The minimum absolute atomic E-state index is 0.816. The topological polar surface area (TPSA) is 15.3 Å². The first-order chi connectivity index (χ1) is 7.86. The third kappa shape index (κ3) is 2.74. The van der Waals surface area contributed by atoms with Crippen LogP contribution in [-0.4, -0.2) is 48.6 Å². The summed E-state index contributed by atoms with van der Waals surface area (Å²) in [6.45, 7) is 5.22. The van der Waals surface area contributed by atoms with Gasteiger partial charge in [0.15, 0.2) is 0 Å². The van der Waals surface area contributed by atoms with Gasteiger partial charge in [-0.3, -0.25) is 4.90 Å². The molecule has 1 aliphatic heterocycles. The molecule has 0 aromatic rings. The Morgan fingerprint density at radius 2 is 1.69 bits per heavy atom. The molecule has 3 aliphatic rings. The number of hydrogen-bond donors (Lipinski definition) is 1. The molecule has 2 aliphatic carbocycles. The van der Waals surface area contributed by atoms with E-state index >= 15 is 0 Å². The van der Waals surface area contributed by atoms with Crippen LogP contribution < -0.4 is 5.32 Å². The highest BCUT2D eigenvalue weighted by atomic mass is 32.2. The molecule has 1 heterocycles. The fourth-order valence-electron chi connectivity index (χ4n) is 2.86. The molecule has 2 atom stereocenters. The van der Waals surface area contributed by atoms with Gasteiger partial charge in [0.25, 0.3) is 0 Å². The van der Waals surface area contributed by atoms with Crippen molar-refractivity contribution in [3.63, 3.8) is 0 Å². The Balaban J connectivity index is 1.59. The van der Waals surface area contributed by atoms with Gasteiger partial charge in [-0.05, 0) is 43.8 Å². The molecule has 3 heteroatoms. The van der Waals surface area contributed by atoms with Crippen LogP contribution in [0.3, 0.4) is 0 Å². The van der Waals surface area contributed by atoms with Crippen molar-refractivity contribution in [2.45, 2.75) is 37.0 Å². The molecule has 0 spiro atoms. The number of rotatable bonds is 6. The zero-order valence-electron chi connectivity index (χ0n) is 10.3. The smallest absolute Gasteiger partial charge is 0.0351 e. The van der Waals surface area contributed by atoms with E-state index in [4.69, 9.17) is 0 Å². The van der Waals surface area contributed by atoms with Crippen LogP contribution in [0.1, 0.15) is 25.7 Å². The van der Waals surface area contributed by atoms with Crippen LogP contribution in [0.2, 0.25) is 0 Å². The summed E-state index contributed by atoms with van der Waals surface area (Å²) in [4.78, 5) is 2.83. The van der Waals surface area contributed by atoms with E-state index in [1.165, 1.54) is 51.9 Å². The molecule has 0 radical (unpaired) electrons. The van der Waals surface area contributed by atoms with Crippen molar-refractivity contribution >= 4 is 11.8 Å². The van der Waals surface area contributed by atoms with E-state index in [2.05, 4.69) is 28.2 Å². The molecule has 0 aromatic carbocycles. The highest BCUT2D eigenvalue weighted by Gasteiger charge is 2.37. The zero-order chi connectivity index (χ0) is 11.0. The highest BCUT2D eigenvalue weighted by molar-refractivity contribution is 7.99. The Hall–Kier alpha value is 0.270. The molecular weight excluding hydrogens is 216 g/mol. The van der Waals surface area contributed by atoms with Gasteiger partial charge in [-0.1, -0.05) is 0 Å². The fourth-order valence-corrected chi connectivity index (χ4v) is 3.72. The number of thioether (sulfide) groups is 1. The summed E-state index contributed by atoms with van der Waals surface area (Å²) in [6, 6.07) is 0.816. The van der Waals surface area contributed by atoms with Gasteiger partial charge in [-0.25, -0.2) is 0 Å². The zero-order valence-corrected chi connectivity index (χ0v) is 11.1. The maximum absolute atomic E-state index is 3.58. The highest BCUT2D eigenvalue weighted by Crippen LogP contribution is 2.36. The summed E-state index contributed by atoms with van der Waals surface area (Å²) in [6.07, 6.45) is 8.24. The lowest BCUT2D eigenvalue weighted by Gasteiger charge is -2.32. The molecular formula is C13H24N2S. The lowest BCUT2D eigenvalue weighted by atomic mass is 10.2. The molecule has 0 aromatic heterocycles. The standard InChI is InChI=1S/C13H24N2S/c1-16-13-7-14-6-12(13)15(8-10-2-3-10)9-11-4-5-11/h10-14H,2-9H2,1H3. The largest absolute Gasteiger partial charge is 0.314 e. The molecule has 0 amide bonds. The van der Waals surface area contributed by atoms with Crippen LogP contribution in [0.15, 0.2) is 0 Å². The van der Waals surface area contributed by atoms with E-state index in [0.29, 0.717) is 0 Å². The van der Waals surface area contributed by atoms with E-state index in [1.807, 2.05) is 0 Å². The van der Waals surface area contributed by atoms with Gasteiger partial charge < -0.3 is 5.32 Å². The van der Waals surface area contributed by atoms with Crippen molar-refractivity contribution in [3.8, 4) is 0 Å².